The van der Waals surface area contributed by atoms with E-state index < -0.39 is 0 Å². The van der Waals surface area contributed by atoms with Gasteiger partial charge in [0.2, 0.25) is 11.8 Å². The normalized spacial score (nSPS) is 14.7. The number of Topliss-reactive ketones (excluding diaryl/α,β-unsaturated/α-hetero) is 1. The van der Waals surface area contributed by atoms with Gasteiger partial charge >= 0.3 is 0 Å². The van der Waals surface area contributed by atoms with Gasteiger partial charge in [0.05, 0.1) is 0 Å². The summed E-state index contributed by atoms with van der Waals surface area (Å²) in [5.74, 6) is 0.0815. The van der Waals surface area contributed by atoms with Crippen molar-refractivity contribution in [3.05, 3.63) is 65.7 Å². The van der Waals surface area contributed by atoms with Gasteiger partial charge in [0, 0.05) is 49.8 Å². The molecule has 3 rings (SSSR count). The van der Waals surface area contributed by atoms with Gasteiger partial charge in [-0.2, -0.15) is 0 Å². The Kier molecular flexibility index (Phi) is 8.35. The lowest BCUT2D eigenvalue weighted by Gasteiger charge is -2.32. The zero-order valence-corrected chi connectivity index (χ0v) is 18.1. The molecule has 0 aromatic heterocycles. The van der Waals surface area contributed by atoms with E-state index in [0.717, 1.165) is 32.4 Å². The Morgan fingerprint density at radius 2 is 1.58 bits per heavy atom. The zero-order chi connectivity index (χ0) is 22.1. The molecule has 0 aliphatic carbocycles. The van der Waals surface area contributed by atoms with Crippen molar-refractivity contribution in [2.45, 2.75) is 45.1 Å². The minimum atomic E-state index is -0.0353. The summed E-state index contributed by atoms with van der Waals surface area (Å²) in [5, 5.41) is 6.03. The number of hydrogen-bond acceptors (Lipinski definition) is 4. The van der Waals surface area contributed by atoms with Crippen LogP contribution >= 0.6 is 0 Å². The Morgan fingerprint density at radius 1 is 0.903 bits per heavy atom. The molecule has 1 heterocycles. The first-order valence-electron chi connectivity index (χ1n) is 11.0. The van der Waals surface area contributed by atoms with Gasteiger partial charge < -0.3 is 15.5 Å². The summed E-state index contributed by atoms with van der Waals surface area (Å²) in [6, 6.07) is 17.2. The van der Waals surface area contributed by atoms with Crippen LogP contribution in [0.2, 0.25) is 0 Å². The van der Waals surface area contributed by atoms with Gasteiger partial charge in [-0.1, -0.05) is 30.3 Å². The molecule has 31 heavy (non-hydrogen) atoms. The van der Waals surface area contributed by atoms with Crippen molar-refractivity contribution in [2.75, 3.05) is 25.0 Å². The van der Waals surface area contributed by atoms with Crippen LogP contribution in [0, 0.1) is 0 Å². The van der Waals surface area contributed by atoms with Crippen LogP contribution in [0.25, 0.3) is 0 Å². The second-order valence-corrected chi connectivity index (χ2v) is 8.10. The first-order valence-corrected chi connectivity index (χ1v) is 11.0. The highest BCUT2D eigenvalue weighted by atomic mass is 16.2. The third kappa shape index (κ3) is 7.64. The highest BCUT2D eigenvalue weighted by molar-refractivity contribution is 5.95. The summed E-state index contributed by atoms with van der Waals surface area (Å²) in [7, 11) is 0. The predicted molar refractivity (Wildman–Crippen MR) is 122 cm³/mol. The maximum Gasteiger partial charge on any atom is 0.225 e. The highest BCUT2D eigenvalue weighted by Gasteiger charge is 2.21. The van der Waals surface area contributed by atoms with Crippen molar-refractivity contribution in [3.8, 4) is 0 Å². The number of likely N-dealkylation sites (tertiary alicyclic amines) is 1. The summed E-state index contributed by atoms with van der Waals surface area (Å²) in [6.45, 7) is 3.98. The van der Waals surface area contributed by atoms with Gasteiger partial charge in [0.1, 0.15) is 0 Å². The SMILES string of the molecule is CC(=O)c1ccc(NC(=O)CCN2CCC(NC(=O)CCc3ccccc3)CC2)cc1. The Balaban J connectivity index is 1.31. The van der Waals surface area contributed by atoms with Crippen molar-refractivity contribution in [1.29, 1.82) is 0 Å². The summed E-state index contributed by atoms with van der Waals surface area (Å²) in [6.07, 6.45) is 3.51. The molecule has 1 fully saturated rings. The van der Waals surface area contributed by atoms with Crippen LogP contribution in [-0.4, -0.2) is 48.2 Å². The van der Waals surface area contributed by atoms with E-state index in [1.807, 2.05) is 30.3 Å². The molecule has 6 nitrogen and oxygen atoms in total. The maximum atomic E-state index is 12.2. The van der Waals surface area contributed by atoms with Crippen LogP contribution < -0.4 is 10.6 Å². The lowest BCUT2D eigenvalue weighted by molar-refractivity contribution is -0.122. The van der Waals surface area contributed by atoms with Gasteiger partial charge in [0.25, 0.3) is 0 Å². The van der Waals surface area contributed by atoms with Gasteiger partial charge in [-0.05, 0) is 56.0 Å². The Morgan fingerprint density at radius 3 is 2.23 bits per heavy atom. The van der Waals surface area contributed by atoms with E-state index >= 15 is 0 Å². The van der Waals surface area contributed by atoms with Crippen LogP contribution in [0.5, 0.6) is 0 Å². The van der Waals surface area contributed by atoms with E-state index in [2.05, 4.69) is 15.5 Å². The molecule has 0 atom stereocenters. The van der Waals surface area contributed by atoms with E-state index in [1.165, 1.54) is 12.5 Å². The second kappa shape index (κ2) is 11.4. The second-order valence-electron chi connectivity index (χ2n) is 8.10. The molecule has 0 saturated carbocycles. The van der Waals surface area contributed by atoms with Crippen molar-refractivity contribution in [1.82, 2.24) is 10.2 Å². The number of carbonyl (C=O) groups excluding carboxylic acids is 3. The Bertz CT molecular complexity index is 873. The van der Waals surface area contributed by atoms with Gasteiger partial charge in [-0.15, -0.1) is 0 Å². The minimum Gasteiger partial charge on any atom is -0.353 e. The Hall–Kier alpha value is -2.99. The average molecular weight is 422 g/mol. The molecule has 0 radical (unpaired) electrons. The number of hydrogen-bond donors (Lipinski definition) is 2. The molecule has 1 aliphatic heterocycles. The molecule has 6 heteroatoms. The van der Waals surface area contributed by atoms with Crippen molar-refractivity contribution in [3.63, 3.8) is 0 Å². The summed E-state index contributed by atoms with van der Waals surface area (Å²) >= 11 is 0. The fourth-order valence-electron chi connectivity index (χ4n) is 3.77. The molecule has 2 aromatic rings. The molecule has 2 aromatic carbocycles. The van der Waals surface area contributed by atoms with Gasteiger partial charge in [-0.25, -0.2) is 0 Å². The molecule has 2 amide bonds. The number of nitrogens with one attached hydrogen (secondary N) is 2. The number of amides is 2. The number of carbonyl (C=O) groups is 3. The van der Waals surface area contributed by atoms with E-state index in [4.69, 9.17) is 0 Å². The number of piperidine rings is 1. The van der Waals surface area contributed by atoms with Crippen molar-refractivity contribution >= 4 is 23.3 Å². The average Bonchev–Trinajstić information content (AvgIpc) is 2.78. The highest BCUT2D eigenvalue weighted by Crippen LogP contribution is 2.13. The van der Waals surface area contributed by atoms with Crippen LogP contribution in [0.1, 0.15) is 48.5 Å². The molecule has 2 N–H and O–H groups in total. The quantitative estimate of drug-likeness (QED) is 0.608. The maximum absolute atomic E-state index is 12.2. The minimum absolute atomic E-state index is 0.00802. The standard InChI is InChI=1S/C25H31N3O3/c1-19(29)21-8-10-22(11-9-21)26-25(31)15-18-28-16-13-23(14-17-28)27-24(30)12-7-20-5-3-2-4-6-20/h2-6,8-11,23H,7,12-18H2,1H3,(H,26,31)(H,27,30). The fraction of sp³-hybridized carbons (Fsp3) is 0.400. The third-order valence-corrected chi connectivity index (χ3v) is 5.67. The fourth-order valence-corrected chi connectivity index (χ4v) is 3.77. The molecule has 1 aliphatic rings. The monoisotopic (exact) mass is 421 g/mol. The lowest BCUT2D eigenvalue weighted by Crippen LogP contribution is -2.45. The van der Waals surface area contributed by atoms with Gasteiger partial charge in [0.15, 0.2) is 5.78 Å². The number of anilines is 1. The van der Waals surface area contributed by atoms with Crippen LogP contribution in [0.15, 0.2) is 54.6 Å². The number of benzene rings is 2. The molecule has 0 bridgehead atoms. The van der Waals surface area contributed by atoms with E-state index in [1.54, 1.807) is 24.3 Å². The summed E-state index contributed by atoms with van der Waals surface area (Å²) in [4.78, 5) is 38.0. The molecule has 164 valence electrons. The van der Waals surface area contributed by atoms with E-state index in [0.29, 0.717) is 30.6 Å². The molecule has 0 unspecified atom stereocenters. The number of ketones is 1. The first kappa shape index (κ1) is 22.7. The largest absolute Gasteiger partial charge is 0.353 e. The summed E-state index contributed by atoms with van der Waals surface area (Å²) in [5.41, 5.74) is 2.51. The topological polar surface area (TPSA) is 78.5 Å². The molecule has 1 saturated heterocycles. The third-order valence-electron chi connectivity index (χ3n) is 5.67. The Labute approximate surface area is 184 Å². The van der Waals surface area contributed by atoms with E-state index in [9.17, 15) is 14.4 Å². The number of rotatable bonds is 9. The van der Waals surface area contributed by atoms with Crippen molar-refractivity contribution < 1.29 is 14.4 Å². The number of aryl methyl sites for hydroxylation is 1. The molecular formula is C25H31N3O3. The predicted octanol–water partition coefficient (Wildman–Crippen LogP) is 3.43. The lowest BCUT2D eigenvalue weighted by atomic mass is 10.0. The smallest absolute Gasteiger partial charge is 0.225 e. The van der Waals surface area contributed by atoms with Gasteiger partial charge in [-0.3, -0.25) is 14.4 Å². The zero-order valence-electron chi connectivity index (χ0n) is 18.1. The van der Waals surface area contributed by atoms with Crippen LogP contribution in [0.3, 0.4) is 0 Å². The van der Waals surface area contributed by atoms with E-state index in [-0.39, 0.29) is 23.6 Å². The van der Waals surface area contributed by atoms with Crippen LogP contribution in [0.4, 0.5) is 5.69 Å². The van der Waals surface area contributed by atoms with Crippen molar-refractivity contribution in [2.24, 2.45) is 0 Å². The first-order chi connectivity index (χ1) is 15.0. The van der Waals surface area contributed by atoms with Crippen LogP contribution in [-0.2, 0) is 16.0 Å². The molecular weight excluding hydrogens is 390 g/mol. The number of nitrogens with zero attached hydrogens (tertiary/aromatic N) is 1. The summed E-state index contributed by atoms with van der Waals surface area (Å²) < 4.78 is 0. The molecule has 0 spiro atoms.